The summed E-state index contributed by atoms with van der Waals surface area (Å²) >= 11 is 0. The van der Waals surface area contributed by atoms with E-state index in [0.29, 0.717) is 17.5 Å². The van der Waals surface area contributed by atoms with E-state index in [4.69, 9.17) is 19.9 Å². The number of aromatic nitrogens is 4. The molecule has 4 heteroatoms. The SMILES string of the molecule is Cc1cc(-c2ccc3c(c2)C2CCC3C2)ncc1-c1nc(-c2ccc(C(C)(C)C)cc2)nc(-c2ccc(C(C)(C)C)cc2)n1. The lowest BCUT2D eigenvalue weighted by Crippen LogP contribution is -2.11. The fourth-order valence-electron chi connectivity index (χ4n) is 6.95. The van der Waals surface area contributed by atoms with Crippen LogP contribution in [0, 0.1) is 6.92 Å². The molecule has 0 saturated heterocycles. The Morgan fingerprint density at radius 1 is 0.568 bits per heavy atom. The van der Waals surface area contributed by atoms with Gasteiger partial charge in [0.05, 0.1) is 5.69 Å². The summed E-state index contributed by atoms with van der Waals surface area (Å²) in [6.07, 6.45) is 5.94. The third-order valence-corrected chi connectivity index (χ3v) is 9.70. The lowest BCUT2D eigenvalue weighted by molar-refractivity contribution is 0.590. The summed E-state index contributed by atoms with van der Waals surface area (Å²) < 4.78 is 0. The van der Waals surface area contributed by atoms with E-state index < -0.39 is 0 Å². The molecule has 2 heterocycles. The molecule has 2 bridgehead atoms. The molecule has 0 radical (unpaired) electrons. The highest BCUT2D eigenvalue weighted by atomic mass is 15.0. The van der Waals surface area contributed by atoms with Gasteiger partial charge in [-0.1, -0.05) is 102 Å². The first-order chi connectivity index (χ1) is 20.9. The van der Waals surface area contributed by atoms with Gasteiger partial charge in [-0.05, 0) is 88.8 Å². The minimum Gasteiger partial charge on any atom is -0.255 e. The second-order valence-corrected chi connectivity index (χ2v) is 14.9. The van der Waals surface area contributed by atoms with Gasteiger partial charge in [0.2, 0.25) is 0 Å². The van der Waals surface area contributed by atoms with Crippen molar-refractivity contribution < 1.29 is 0 Å². The van der Waals surface area contributed by atoms with Crippen molar-refractivity contribution in [3.05, 3.63) is 107 Å². The Labute approximate surface area is 262 Å². The van der Waals surface area contributed by atoms with E-state index in [1.54, 1.807) is 11.1 Å². The van der Waals surface area contributed by atoms with Crippen LogP contribution in [0.5, 0.6) is 0 Å². The lowest BCUT2D eigenvalue weighted by Gasteiger charge is -2.19. The first-order valence-electron chi connectivity index (χ1n) is 16.0. The summed E-state index contributed by atoms with van der Waals surface area (Å²) in [5.41, 5.74) is 12.0. The molecule has 1 saturated carbocycles. The molecule has 2 unspecified atom stereocenters. The van der Waals surface area contributed by atoms with Gasteiger partial charge in [-0.15, -0.1) is 0 Å². The van der Waals surface area contributed by atoms with Crippen molar-refractivity contribution in [2.75, 3.05) is 0 Å². The van der Waals surface area contributed by atoms with Crippen molar-refractivity contribution >= 4 is 0 Å². The average Bonchev–Trinajstić information content (AvgIpc) is 3.63. The quantitative estimate of drug-likeness (QED) is 0.213. The minimum absolute atomic E-state index is 0.0751. The van der Waals surface area contributed by atoms with Crippen LogP contribution in [0.1, 0.15) is 100 Å². The number of hydrogen-bond acceptors (Lipinski definition) is 4. The molecule has 2 atom stereocenters. The molecule has 1 fully saturated rings. The number of pyridine rings is 1. The van der Waals surface area contributed by atoms with E-state index in [1.165, 1.54) is 36.0 Å². The number of nitrogens with zero attached hydrogens (tertiary/aromatic N) is 4. The van der Waals surface area contributed by atoms with Crippen LogP contribution in [0.2, 0.25) is 0 Å². The Morgan fingerprint density at radius 3 is 1.59 bits per heavy atom. The third kappa shape index (κ3) is 5.25. The van der Waals surface area contributed by atoms with Crippen molar-refractivity contribution in [1.29, 1.82) is 0 Å². The predicted octanol–water partition coefficient (Wildman–Crippen LogP) is 10.2. The van der Waals surface area contributed by atoms with Gasteiger partial charge in [0, 0.05) is 28.5 Å². The molecule has 0 amide bonds. The maximum atomic E-state index is 5.02. The van der Waals surface area contributed by atoms with Gasteiger partial charge in [0.25, 0.3) is 0 Å². The van der Waals surface area contributed by atoms with Gasteiger partial charge in [-0.2, -0.15) is 0 Å². The van der Waals surface area contributed by atoms with Crippen LogP contribution in [-0.2, 0) is 10.8 Å². The van der Waals surface area contributed by atoms with E-state index >= 15 is 0 Å². The predicted molar refractivity (Wildman–Crippen MR) is 181 cm³/mol. The molecule has 0 spiro atoms. The Kier molecular flexibility index (Phi) is 6.80. The summed E-state index contributed by atoms with van der Waals surface area (Å²) in [6.45, 7) is 15.5. The average molecular weight is 579 g/mol. The normalized spacial score (nSPS) is 17.6. The summed E-state index contributed by atoms with van der Waals surface area (Å²) in [7, 11) is 0. The number of rotatable bonds is 4. The summed E-state index contributed by atoms with van der Waals surface area (Å²) in [5, 5.41) is 0. The van der Waals surface area contributed by atoms with E-state index in [-0.39, 0.29) is 10.8 Å². The van der Waals surface area contributed by atoms with Crippen molar-refractivity contribution in [3.8, 4) is 45.4 Å². The van der Waals surface area contributed by atoms with E-state index in [2.05, 4.69) is 121 Å². The second-order valence-electron chi connectivity index (χ2n) is 14.9. The van der Waals surface area contributed by atoms with E-state index in [0.717, 1.165) is 39.8 Å². The largest absolute Gasteiger partial charge is 0.255 e. The number of hydrogen-bond donors (Lipinski definition) is 0. The molecule has 2 aliphatic rings. The molecule has 0 N–H and O–H groups in total. The summed E-state index contributed by atoms with van der Waals surface area (Å²) in [4.78, 5) is 20.0. The Hall–Kier alpha value is -4.18. The maximum Gasteiger partial charge on any atom is 0.165 e. The molecule has 222 valence electrons. The third-order valence-electron chi connectivity index (χ3n) is 9.70. The molecule has 0 aliphatic heterocycles. The highest BCUT2D eigenvalue weighted by molar-refractivity contribution is 5.71. The molecule has 2 aliphatic carbocycles. The van der Waals surface area contributed by atoms with Crippen LogP contribution in [0.4, 0.5) is 0 Å². The van der Waals surface area contributed by atoms with Crippen molar-refractivity contribution in [2.24, 2.45) is 0 Å². The molecule has 3 aromatic carbocycles. The van der Waals surface area contributed by atoms with Crippen LogP contribution < -0.4 is 0 Å². The monoisotopic (exact) mass is 578 g/mol. The van der Waals surface area contributed by atoms with Gasteiger partial charge < -0.3 is 0 Å². The summed E-state index contributed by atoms with van der Waals surface area (Å²) in [5.74, 6) is 3.48. The highest BCUT2D eigenvalue weighted by Gasteiger charge is 2.36. The van der Waals surface area contributed by atoms with Gasteiger partial charge in [-0.25, -0.2) is 15.0 Å². The Bertz CT molecular complexity index is 1780. The van der Waals surface area contributed by atoms with Crippen molar-refractivity contribution in [1.82, 2.24) is 19.9 Å². The van der Waals surface area contributed by atoms with Crippen LogP contribution >= 0.6 is 0 Å². The molecular formula is C40H42N4. The van der Waals surface area contributed by atoms with Crippen molar-refractivity contribution in [3.63, 3.8) is 0 Å². The first-order valence-corrected chi connectivity index (χ1v) is 16.0. The number of benzene rings is 3. The topological polar surface area (TPSA) is 51.6 Å². The Morgan fingerprint density at radius 2 is 1.07 bits per heavy atom. The van der Waals surface area contributed by atoms with Crippen LogP contribution in [0.15, 0.2) is 79.0 Å². The maximum absolute atomic E-state index is 5.02. The molecule has 44 heavy (non-hydrogen) atoms. The molecule has 2 aromatic heterocycles. The van der Waals surface area contributed by atoms with Crippen LogP contribution in [-0.4, -0.2) is 19.9 Å². The molecule has 4 nitrogen and oxygen atoms in total. The van der Waals surface area contributed by atoms with Crippen LogP contribution in [0.3, 0.4) is 0 Å². The zero-order valence-corrected chi connectivity index (χ0v) is 27.1. The van der Waals surface area contributed by atoms with E-state index in [1.807, 2.05) is 6.20 Å². The fourth-order valence-corrected chi connectivity index (χ4v) is 6.95. The van der Waals surface area contributed by atoms with Gasteiger partial charge in [-0.3, -0.25) is 4.98 Å². The lowest BCUT2D eigenvalue weighted by atomic mass is 9.86. The van der Waals surface area contributed by atoms with Gasteiger partial charge >= 0.3 is 0 Å². The zero-order chi connectivity index (χ0) is 30.8. The minimum atomic E-state index is 0.0751. The Balaban J connectivity index is 1.29. The molecule has 7 rings (SSSR count). The second kappa shape index (κ2) is 10.5. The molecular weight excluding hydrogens is 536 g/mol. The van der Waals surface area contributed by atoms with E-state index in [9.17, 15) is 0 Å². The standard InChI is InChI=1S/C40H42N4/c1-24-20-35(29-14-19-32-27-8-9-28(21-27)33(32)22-29)41-23-34(24)38-43-36(25-10-15-30(16-11-25)39(2,3)4)42-37(44-38)26-12-17-31(18-13-26)40(5,6)7/h10-20,22-23,27-28H,8-9,21H2,1-7H3. The number of fused-ring (bicyclic) bond motifs is 5. The van der Waals surface area contributed by atoms with Crippen LogP contribution in [0.25, 0.3) is 45.4 Å². The van der Waals surface area contributed by atoms with Gasteiger partial charge in [0.1, 0.15) is 0 Å². The smallest absolute Gasteiger partial charge is 0.165 e. The number of aryl methyl sites for hydroxylation is 1. The molecule has 5 aromatic rings. The summed E-state index contributed by atoms with van der Waals surface area (Å²) in [6, 6.07) is 26.4. The first kappa shape index (κ1) is 28.6. The van der Waals surface area contributed by atoms with Gasteiger partial charge in [0.15, 0.2) is 17.5 Å². The fraction of sp³-hybridized carbons (Fsp3) is 0.350. The zero-order valence-electron chi connectivity index (χ0n) is 27.1. The van der Waals surface area contributed by atoms with Crippen molar-refractivity contribution in [2.45, 2.75) is 90.4 Å². The highest BCUT2D eigenvalue weighted by Crippen LogP contribution is 2.53.